The van der Waals surface area contributed by atoms with Gasteiger partial charge in [-0.15, -0.1) is 0 Å². The third-order valence-corrected chi connectivity index (χ3v) is 6.33. The highest BCUT2D eigenvalue weighted by Crippen LogP contribution is 2.43. The van der Waals surface area contributed by atoms with Gasteiger partial charge >= 0.3 is 19.1 Å². The Balaban J connectivity index is 1.82. The van der Waals surface area contributed by atoms with E-state index in [0.29, 0.717) is 17.3 Å². The second-order valence-corrected chi connectivity index (χ2v) is 9.20. The highest BCUT2D eigenvalue weighted by molar-refractivity contribution is 6.48. The Morgan fingerprint density at radius 2 is 1.69 bits per heavy atom. The summed E-state index contributed by atoms with van der Waals surface area (Å²) in [5.41, 5.74) is -0.320. The number of hydrogen-bond acceptors (Lipinski definition) is 9. The molecule has 9 nitrogen and oxygen atoms in total. The van der Waals surface area contributed by atoms with E-state index in [1.807, 2.05) is 33.8 Å². The maximum Gasteiger partial charge on any atom is 0.466 e. The van der Waals surface area contributed by atoms with E-state index in [-0.39, 0.29) is 31.4 Å². The normalized spacial score (nSPS) is 17.1. The third kappa shape index (κ3) is 6.00. The number of carbonyl (C=O) groups excluding carboxylic acids is 2. The summed E-state index contributed by atoms with van der Waals surface area (Å²) in [4.78, 5) is 24.0. The van der Waals surface area contributed by atoms with Crippen molar-refractivity contribution in [1.82, 2.24) is 0 Å². The zero-order valence-electron chi connectivity index (χ0n) is 21.3. The third-order valence-electron chi connectivity index (χ3n) is 6.33. The molecule has 0 radical (unpaired) electrons. The van der Waals surface area contributed by atoms with Gasteiger partial charge in [0, 0.05) is 5.82 Å². The molecule has 1 fully saturated rings. The second-order valence-electron chi connectivity index (χ2n) is 9.20. The molecule has 0 amide bonds. The van der Waals surface area contributed by atoms with Crippen molar-refractivity contribution in [3.05, 3.63) is 47.4 Å². The quantitative estimate of drug-likeness (QED) is 0.357. The van der Waals surface area contributed by atoms with Gasteiger partial charge in [-0.25, -0.2) is 4.79 Å². The molecule has 1 aromatic carbocycles. The Morgan fingerprint density at radius 3 is 2.29 bits per heavy atom. The minimum Gasteiger partial charge on any atom is -0.493 e. The van der Waals surface area contributed by atoms with E-state index in [0.717, 1.165) is 5.56 Å². The number of esters is 2. The van der Waals surface area contributed by atoms with Crippen LogP contribution in [-0.4, -0.2) is 51.1 Å². The van der Waals surface area contributed by atoms with Crippen molar-refractivity contribution in [1.29, 1.82) is 0 Å². The molecule has 0 spiro atoms. The molecule has 35 heavy (non-hydrogen) atoms. The molecule has 0 aliphatic carbocycles. The van der Waals surface area contributed by atoms with Gasteiger partial charge in [0.25, 0.3) is 0 Å². The maximum atomic E-state index is 12.4. The van der Waals surface area contributed by atoms with Crippen molar-refractivity contribution >= 4 is 19.1 Å². The Hall–Kier alpha value is -2.98. The van der Waals surface area contributed by atoms with Gasteiger partial charge in [0.05, 0.1) is 38.4 Å². The molecule has 1 aliphatic rings. The average molecular weight is 488 g/mol. The van der Waals surface area contributed by atoms with E-state index in [2.05, 4.69) is 4.74 Å². The highest BCUT2D eigenvalue weighted by atomic mass is 16.7. The lowest BCUT2D eigenvalue weighted by Crippen LogP contribution is -2.41. The lowest BCUT2D eigenvalue weighted by molar-refractivity contribution is -0.143. The predicted molar refractivity (Wildman–Crippen MR) is 127 cm³/mol. The van der Waals surface area contributed by atoms with Gasteiger partial charge in [-0.2, -0.15) is 0 Å². The van der Waals surface area contributed by atoms with E-state index in [1.165, 1.54) is 20.3 Å². The molecule has 0 bridgehead atoms. The van der Waals surface area contributed by atoms with Crippen molar-refractivity contribution in [2.24, 2.45) is 0 Å². The van der Waals surface area contributed by atoms with Crippen LogP contribution in [0.15, 0.2) is 34.7 Å². The van der Waals surface area contributed by atoms with Crippen LogP contribution in [0.3, 0.4) is 0 Å². The summed E-state index contributed by atoms with van der Waals surface area (Å²) in [5.74, 6) is 0.153. The zero-order valence-corrected chi connectivity index (χ0v) is 21.3. The number of methoxy groups -OCH3 is 2. The van der Waals surface area contributed by atoms with Crippen LogP contribution in [-0.2, 0) is 30.2 Å². The topological polar surface area (TPSA) is 103 Å². The first kappa shape index (κ1) is 26.6. The Labute approximate surface area is 206 Å². The average Bonchev–Trinajstić information content (AvgIpc) is 3.37. The first-order valence-corrected chi connectivity index (χ1v) is 11.5. The molecule has 2 aromatic rings. The fraction of sp³-hybridized carbons (Fsp3) is 0.520. The van der Waals surface area contributed by atoms with Gasteiger partial charge in [-0.1, -0.05) is 6.07 Å². The van der Waals surface area contributed by atoms with Gasteiger partial charge in [-0.05, 0) is 64.4 Å². The van der Waals surface area contributed by atoms with Crippen LogP contribution >= 0.6 is 0 Å². The Kier molecular flexibility index (Phi) is 8.17. The van der Waals surface area contributed by atoms with E-state index in [9.17, 15) is 9.59 Å². The summed E-state index contributed by atoms with van der Waals surface area (Å²) in [5, 5.41) is 0. The number of furan rings is 1. The number of hydrogen-bond donors (Lipinski definition) is 0. The van der Waals surface area contributed by atoms with Gasteiger partial charge in [0.15, 0.2) is 11.5 Å². The summed E-state index contributed by atoms with van der Waals surface area (Å²) in [6.07, 6.45) is 0.0801. The van der Waals surface area contributed by atoms with Crippen LogP contribution in [0.4, 0.5) is 0 Å². The molecule has 1 saturated heterocycles. The SMILES string of the molecule is CCOC(=O)CC(B1OC(C)(C)C(C)(C)O1)c1ccc(OCc2ccc(C(=O)OC)o2)c(OC)c1. The van der Waals surface area contributed by atoms with E-state index in [1.54, 1.807) is 25.1 Å². The van der Waals surface area contributed by atoms with Gasteiger partial charge in [0.1, 0.15) is 12.4 Å². The minimum absolute atomic E-state index is 0.0795. The van der Waals surface area contributed by atoms with Gasteiger partial charge < -0.3 is 32.7 Å². The van der Waals surface area contributed by atoms with E-state index in [4.69, 9.17) is 27.9 Å². The fourth-order valence-corrected chi connectivity index (χ4v) is 3.67. The van der Waals surface area contributed by atoms with Crippen LogP contribution in [0, 0.1) is 0 Å². The molecule has 0 saturated carbocycles. The van der Waals surface area contributed by atoms with Crippen molar-refractivity contribution in [2.45, 2.75) is 64.7 Å². The number of ether oxygens (including phenoxy) is 4. The van der Waals surface area contributed by atoms with Crippen molar-refractivity contribution < 1.29 is 42.3 Å². The molecular formula is C25H33BO9. The number of carbonyl (C=O) groups is 2. The summed E-state index contributed by atoms with van der Waals surface area (Å²) >= 11 is 0. The molecule has 190 valence electrons. The minimum atomic E-state index is -0.652. The van der Waals surface area contributed by atoms with E-state index < -0.39 is 30.1 Å². The fourth-order valence-electron chi connectivity index (χ4n) is 3.67. The molecule has 2 heterocycles. The Bertz CT molecular complexity index is 1030. The molecule has 1 atom stereocenters. The van der Waals surface area contributed by atoms with Crippen LogP contribution in [0.2, 0.25) is 0 Å². The van der Waals surface area contributed by atoms with Crippen LogP contribution in [0.25, 0.3) is 0 Å². The van der Waals surface area contributed by atoms with Gasteiger partial charge in [-0.3, -0.25) is 4.79 Å². The van der Waals surface area contributed by atoms with Crippen molar-refractivity contribution in [3.63, 3.8) is 0 Å². The van der Waals surface area contributed by atoms with Crippen molar-refractivity contribution in [3.8, 4) is 11.5 Å². The molecule has 1 aliphatic heterocycles. The lowest BCUT2D eigenvalue weighted by Gasteiger charge is -2.32. The van der Waals surface area contributed by atoms with Crippen molar-refractivity contribution in [2.75, 3.05) is 20.8 Å². The van der Waals surface area contributed by atoms with E-state index >= 15 is 0 Å². The molecule has 10 heteroatoms. The summed E-state index contributed by atoms with van der Waals surface area (Å²) in [6, 6.07) is 8.55. The van der Waals surface area contributed by atoms with Crippen LogP contribution in [0.5, 0.6) is 11.5 Å². The smallest absolute Gasteiger partial charge is 0.466 e. The standard InChI is InChI=1S/C25H33BO9/c1-8-31-22(27)14-18(26-34-24(2,3)25(4,5)35-26)16-9-11-19(21(13-16)29-6)32-15-17-10-12-20(33-17)23(28)30-7/h9-13,18H,8,14-15H2,1-7H3. The molecular weight excluding hydrogens is 455 g/mol. The highest BCUT2D eigenvalue weighted by Gasteiger charge is 2.54. The first-order valence-electron chi connectivity index (χ1n) is 11.5. The predicted octanol–water partition coefficient (Wildman–Crippen LogP) is 4.32. The van der Waals surface area contributed by atoms with Crippen LogP contribution in [0.1, 0.15) is 68.7 Å². The summed E-state index contributed by atoms with van der Waals surface area (Å²) in [6.45, 7) is 9.99. The molecule has 1 aromatic heterocycles. The zero-order chi connectivity index (χ0) is 25.8. The number of benzene rings is 1. The maximum absolute atomic E-state index is 12.4. The van der Waals surface area contributed by atoms with Crippen LogP contribution < -0.4 is 9.47 Å². The molecule has 0 N–H and O–H groups in total. The largest absolute Gasteiger partial charge is 0.493 e. The summed E-state index contributed by atoms with van der Waals surface area (Å²) in [7, 11) is 2.16. The molecule has 3 rings (SSSR count). The first-order chi connectivity index (χ1) is 16.5. The number of rotatable bonds is 10. The van der Waals surface area contributed by atoms with Gasteiger partial charge in [0.2, 0.25) is 5.76 Å². The summed E-state index contributed by atoms with van der Waals surface area (Å²) < 4.78 is 39.2. The molecule has 1 unspecified atom stereocenters. The monoisotopic (exact) mass is 488 g/mol. The second kappa shape index (κ2) is 10.7. The Morgan fingerprint density at radius 1 is 1.00 bits per heavy atom. The lowest BCUT2D eigenvalue weighted by atomic mass is 9.66.